The molecule has 1 aliphatic rings. The second kappa shape index (κ2) is 3.22. The molecule has 0 spiro atoms. The Balaban J connectivity index is 2.77. The topological polar surface area (TPSA) is 3.24 Å². The molecule has 0 aromatic rings. The van der Waals surface area contributed by atoms with Gasteiger partial charge in [-0.2, -0.15) is 0 Å². The summed E-state index contributed by atoms with van der Waals surface area (Å²) in [6.45, 7) is 2.24. The molecule has 1 rings (SSSR count). The normalized spacial score (nSPS) is 29.8. The zero-order chi connectivity index (χ0) is 8.32. The van der Waals surface area contributed by atoms with E-state index in [0.29, 0.717) is 0 Å². The van der Waals surface area contributed by atoms with Crippen LogP contribution in [0.25, 0.3) is 0 Å². The predicted molar refractivity (Wildman–Crippen MR) is 49.6 cm³/mol. The van der Waals surface area contributed by atoms with Gasteiger partial charge in [0.2, 0.25) is 0 Å². The van der Waals surface area contributed by atoms with Gasteiger partial charge in [0, 0.05) is 5.54 Å². The molecule has 1 nitrogen and oxygen atoms in total. The zero-order valence-electron chi connectivity index (χ0n) is 7.67. The Bertz CT molecular complexity index is 179. The molecule has 0 saturated heterocycles. The van der Waals surface area contributed by atoms with Gasteiger partial charge in [-0.15, -0.1) is 0 Å². The van der Waals surface area contributed by atoms with Crippen LogP contribution in [0.5, 0.6) is 0 Å². The number of hydrogen-bond acceptors (Lipinski definition) is 1. The van der Waals surface area contributed by atoms with Gasteiger partial charge in [-0.25, -0.2) is 0 Å². The first-order chi connectivity index (χ1) is 5.21. The Labute approximate surface area is 69.4 Å². The average molecular weight is 151 g/mol. The van der Waals surface area contributed by atoms with Crippen LogP contribution in [0.4, 0.5) is 0 Å². The maximum absolute atomic E-state index is 2.30. The maximum Gasteiger partial charge on any atom is 0.0420 e. The summed E-state index contributed by atoms with van der Waals surface area (Å²) in [6, 6.07) is 0. The van der Waals surface area contributed by atoms with Crippen LogP contribution in [-0.4, -0.2) is 24.5 Å². The highest BCUT2D eigenvalue weighted by atomic mass is 15.1. The Morgan fingerprint density at radius 3 is 2.36 bits per heavy atom. The molecule has 0 unspecified atom stereocenters. The molecule has 0 radical (unpaired) electrons. The van der Waals surface area contributed by atoms with Gasteiger partial charge >= 0.3 is 0 Å². The molecular formula is C10H17N. The van der Waals surface area contributed by atoms with Crippen LogP contribution >= 0.6 is 0 Å². The molecular weight excluding hydrogens is 134 g/mol. The first-order valence-corrected chi connectivity index (χ1v) is 4.23. The molecule has 0 fully saturated rings. The van der Waals surface area contributed by atoms with E-state index in [0.717, 1.165) is 6.42 Å². The highest BCUT2D eigenvalue weighted by molar-refractivity contribution is 5.20. The summed E-state index contributed by atoms with van der Waals surface area (Å²) in [5.41, 5.74) is 0.286. The molecule has 1 heteroatoms. The van der Waals surface area contributed by atoms with E-state index in [1.807, 2.05) is 0 Å². The maximum atomic E-state index is 2.30. The lowest BCUT2D eigenvalue weighted by molar-refractivity contribution is 0.201. The smallest absolute Gasteiger partial charge is 0.0420 e. The summed E-state index contributed by atoms with van der Waals surface area (Å²) in [6.07, 6.45) is 11.1. The zero-order valence-corrected chi connectivity index (χ0v) is 7.67. The van der Waals surface area contributed by atoms with Crippen LogP contribution in [0.3, 0.4) is 0 Å². The lowest BCUT2D eigenvalue weighted by Crippen LogP contribution is -2.41. The standard InChI is InChI=1S/C10H17N/c1-4-10(11(2)3)8-6-5-7-9-10/h5-8H,4,9H2,1-3H3/t10-/m0/s1. The van der Waals surface area contributed by atoms with Crippen molar-refractivity contribution < 1.29 is 0 Å². The predicted octanol–water partition coefficient (Wildman–Crippen LogP) is 2.21. The molecule has 0 aromatic carbocycles. The van der Waals surface area contributed by atoms with Gasteiger partial charge in [0.05, 0.1) is 0 Å². The molecule has 0 heterocycles. The van der Waals surface area contributed by atoms with Crippen molar-refractivity contribution in [1.82, 2.24) is 4.90 Å². The minimum Gasteiger partial charge on any atom is -0.300 e. The van der Waals surface area contributed by atoms with Gasteiger partial charge < -0.3 is 0 Å². The SMILES string of the molecule is CC[C@]1(N(C)C)C=CC=CC1. The fraction of sp³-hybridized carbons (Fsp3) is 0.600. The average Bonchev–Trinajstić information content (AvgIpc) is 2.05. The van der Waals surface area contributed by atoms with Crippen molar-refractivity contribution >= 4 is 0 Å². The van der Waals surface area contributed by atoms with E-state index in [4.69, 9.17) is 0 Å². The van der Waals surface area contributed by atoms with Crippen LogP contribution in [0.15, 0.2) is 24.3 Å². The molecule has 0 aliphatic heterocycles. The van der Waals surface area contributed by atoms with Crippen LogP contribution in [0, 0.1) is 0 Å². The number of allylic oxidation sites excluding steroid dienone is 2. The Morgan fingerprint density at radius 1 is 1.36 bits per heavy atom. The minimum absolute atomic E-state index is 0.286. The highest BCUT2D eigenvalue weighted by Crippen LogP contribution is 2.26. The van der Waals surface area contributed by atoms with Gasteiger partial charge in [-0.05, 0) is 26.9 Å². The van der Waals surface area contributed by atoms with E-state index in [-0.39, 0.29) is 5.54 Å². The number of rotatable bonds is 2. The molecule has 0 amide bonds. The molecule has 0 saturated carbocycles. The van der Waals surface area contributed by atoms with E-state index < -0.39 is 0 Å². The third-order valence-electron chi connectivity index (χ3n) is 2.63. The van der Waals surface area contributed by atoms with Crippen molar-refractivity contribution in [1.29, 1.82) is 0 Å². The van der Waals surface area contributed by atoms with Gasteiger partial charge in [0.15, 0.2) is 0 Å². The van der Waals surface area contributed by atoms with Gasteiger partial charge in [-0.1, -0.05) is 31.2 Å². The van der Waals surface area contributed by atoms with Crippen molar-refractivity contribution in [3.8, 4) is 0 Å². The first kappa shape index (κ1) is 8.54. The van der Waals surface area contributed by atoms with Gasteiger partial charge in [0.1, 0.15) is 0 Å². The first-order valence-electron chi connectivity index (χ1n) is 4.23. The number of hydrogen-bond donors (Lipinski definition) is 0. The monoisotopic (exact) mass is 151 g/mol. The lowest BCUT2D eigenvalue weighted by Gasteiger charge is -2.37. The van der Waals surface area contributed by atoms with Gasteiger partial charge in [0.25, 0.3) is 0 Å². The molecule has 0 bridgehead atoms. The largest absolute Gasteiger partial charge is 0.300 e. The molecule has 1 aliphatic carbocycles. The fourth-order valence-corrected chi connectivity index (χ4v) is 1.56. The molecule has 0 N–H and O–H groups in total. The summed E-state index contributed by atoms with van der Waals surface area (Å²) in [7, 11) is 4.29. The fourth-order valence-electron chi connectivity index (χ4n) is 1.56. The summed E-state index contributed by atoms with van der Waals surface area (Å²) < 4.78 is 0. The highest BCUT2D eigenvalue weighted by Gasteiger charge is 2.26. The third-order valence-corrected chi connectivity index (χ3v) is 2.63. The van der Waals surface area contributed by atoms with Crippen molar-refractivity contribution in [2.24, 2.45) is 0 Å². The quantitative estimate of drug-likeness (QED) is 0.585. The van der Waals surface area contributed by atoms with Crippen LogP contribution in [0.1, 0.15) is 19.8 Å². The number of nitrogens with zero attached hydrogens (tertiary/aromatic N) is 1. The van der Waals surface area contributed by atoms with E-state index in [1.165, 1.54) is 6.42 Å². The Morgan fingerprint density at radius 2 is 2.09 bits per heavy atom. The third kappa shape index (κ3) is 1.54. The van der Waals surface area contributed by atoms with Crippen molar-refractivity contribution in [2.75, 3.05) is 14.1 Å². The van der Waals surface area contributed by atoms with Crippen molar-refractivity contribution in [2.45, 2.75) is 25.3 Å². The van der Waals surface area contributed by atoms with Crippen molar-refractivity contribution in [3.63, 3.8) is 0 Å². The van der Waals surface area contributed by atoms with E-state index in [1.54, 1.807) is 0 Å². The molecule has 0 aromatic heterocycles. The summed E-state index contributed by atoms with van der Waals surface area (Å²) in [4.78, 5) is 2.30. The molecule has 11 heavy (non-hydrogen) atoms. The summed E-state index contributed by atoms with van der Waals surface area (Å²) in [5, 5.41) is 0. The van der Waals surface area contributed by atoms with Crippen molar-refractivity contribution in [3.05, 3.63) is 24.3 Å². The summed E-state index contributed by atoms with van der Waals surface area (Å²) in [5.74, 6) is 0. The molecule has 62 valence electrons. The second-order valence-corrected chi connectivity index (χ2v) is 3.34. The molecule has 1 atom stereocenters. The Kier molecular flexibility index (Phi) is 2.50. The minimum atomic E-state index is 0.286. The lowest BCUT2D eigenvalue weighted by atomic mass is 9.87. The van der Waals surface area contributed by atoms with E-state index in [2.05, 4.69) is 50.2 Å². The Hall–Kier alpha value is -0.560. The van der Waals surface area contributed by atoms with Crippen LogP contribution in [0.2, 0.25) is 0 Å². The van der Waals surface area contributed by atoms with Crippen LogP contribution < -0.4 is 0 Å². The second-order valence-electron chi connectivity index (χ2n) is 3.34. The summed E-state index contributed by atoms with van der Waals surface area (Å²) >= 11 is 0. The van der Waals surface area contributed by atoms with Crippen LogP contribution in [-0.2, 0) is 0 Å². The van der Waals surface area contributed by atoms with Gasteiger partial charge in [-0.3, -0.25) is 4.90 Å². The number of likely N-dealkylation sites (N-methyl/N-ethyl adjacent to an activating group) is 1. The van der Waals surface area contributed by atoms with E-state index in [9.17, 15) is 0 Å². The van der Waals surface area contributed by atoms with E-state index >= 15 is 0 Å².